The maximum absolute atomic E-state index is 10.8. The topological polar surface area (TPSA) is 124 Å². The molecular formula is C11H8NNa3O6. The van der Waals surface area contributed by atoms with Crippen molar-refractivity contribution in [1.82, 2.24) is 0 Å². The van der Waals surface area contributed by atoms with Crippen LogP contribution in [0.4, 0.5) is 5.69 Å². The summed E-state index contributed by atoms with van der Waals surface area (Å²) in [5.41, 5.74) is -0.383. The second-order valence-corrected chi connectivity index (χ2v) is 3.40. The summed E-state index contributed by atoms with van der Waals surface area (Å²) < 4.78 is 0. The summed E-state index contributed by atoms with van der Waals surface area (Å²) in [6, 6.07) is 5.31. The minimum Gasteiger partial charge on any atom is -0.548 e. The van der Waals surface area contributed by atoms with Crippen LogP contribution in [-0.4, -0.2) is 31.0 Å². The number of anilines is 1. The Balaban J connectivity index is -0.00000108. The van der Waals surface area contributed by atoms with Gasteiger partial charge < -0.3 is 34.6 Å². The first-order valence-electron chi connectivity index (χ1n) is 4.87. The molecule has 0 heterocycles. The number of para-hydroxylation sites is 1. The van der Waals surface area contributed by atoms with Gasteiger partial charge >= 0.3 is 88.7 Å². The minimum atomic E-state index is -1.54. The molecule has 7 nitrogen and oxygen atoms in total. The van der Waals surface area contributed by atoms with E-state index in [9.17, 15) is 29.7 Å². The minimum absolute atomic E-state index is 0. The van der Waals surface area contributed by atoms with E-state index >= 15 is 0 Å². The molecule has 0 bridgehead atoms. The third-order valence-corrected chi connectivity index (χ3v) is 2.10. The number of carboxylic acid groups (broad SMARTS) is 3. The van der Waals surface area contributed by atoms with Gasteiger partial charge in [0.15, 0.2) is 0 Å². The van der Waals surface area contributed by atoms with Gasteiger partial charge in [0.1, 0.15) is 0 Å². The molecule has 96 valence electrons. The van der Waals surface area contributed by atoms with Crippen LogP contribution in [0.25, 0.3) is 0 Å². The normalized spacial score (nSPS) is 8.38. The summed E-state index contributed by atoms with van der Waals surface area (Å²) in [5.74, 6) is -4.61. The van der Waals surface area contributed by atoms with Gasteiger partial charge in [-0.15, -0.1) is 0 Å². The molecule has 10 heteroatoms. The van der Waals surface area contributed by atoms with Crippen molar-refractivity contribution in [1.29, 1.82) is 0 Å². The fourth-order valence-corrected chi connectivity index (χ4v) is 1.46. The van der Waals surface area contributed by atoms with E-state index in [4.69, 9.17) is 0 Å². The predicted molar refractivity (Wildman–Crippen MR) is 53.0 cm³/mol. The molecule has 0 saturated heterocycles. The van der Waals surface area contributed by atoms with Gasteiger partial charge in [-0.3, -0.25) is 0 Å². The zero-order chi connectivity index (χ0) is 13.7. The van der Waals surface area contributed by atoms with E-state index in [1.54, 1.807) is 0 Å². The Morgan fingerprint density at radius 2 is 1.29 bits per heavy atom. The second-order valence-electron chi connectivity index (χ2n) is 3.40. The number of carboxylic acids is 3. The van der Waals surface area contributed by atoms with Crippen LogP contribution in [0.5, 0.6) is 0 Å². The Kier molecular flexibility index (Phi) is 16.2. The Morgan fingerprint density at radius 1 is 0.857 bits per heavy atom. The molecule has 0 N–H and O–H groups in total. The summed E-state index contributed by atoms with van der Waals surface area (Å²) in [5, 5.41) is 31.9. The molecule has 0 aliphatic carbocycles. The van der Waals surface area contributed by atoms with Gasteiger partial charge in [0.2, 0.25) is 0 Å². The number of hydrogen-bond donors (Lipinski definition) is 0. The Labute approximate surface area is 187 Å². The number of carbonyl (C=O) groups is 3. The average molecular weight is 319 g/mol. The van der Waals surface area contributed by atoms with E-state index in [1.165, 1.54) is 24.3 Å². The molecule has 1 rings (SSSR count). The van der Waals surface area contributed by atoms with Crippen molar-refractivity contribution < 1.29 is 118 Å². The maximum atomic E-state index is 10.8. The fraction of sp³-hybridized carbons (Fsp3) is 0.182. The zero-order valence-corrected chi connectivity index (χ0v) is 18.1. The van der Waals surface area contributed by atoms with E-state index < -0.39 is 31.0 Å². The summed E-state index contributed by atoms with van der Waals surface area (Å²) in [4.78, 5) is 32.7. The first-order chi connectivity index (χ1) is 8.41. The summed E-state index contributed by atoms with van der Waals surface area (Å²) >= 11 is 0. The third kappa shape index (κ3) is 9.22. The van der Waals surface area contributed by atoms with Crippen LogP contribution in [0, 0.1) is 0 Å². The zero-order valence-electron chi connectivity index (χ0n) is 12.1. The summed E-state index contributed by atoms with van der Waals surface area (Å²) in [6.45, 7) is -1.53. The van der Waals surface area contributed by atoms with Crippen LogP contribution in [0.15, 0.2) is 24.3 Å². The number of aliphatic carboxylic acids is 2. The van der Waals surface area contributed by atoms with Crippen LogP contribution in [0.3, 0.4) is 0 Å². The van der Waals surface area contributed by atoms with Gasteiger partial charge in [0.05, 0.1) is 31.0 Å². The molecule has 0 fully saturated rings. The van der Waals surface area contributed by atoms with Crippen molar-refractivity contribution >= 4 is 23.6 Å². The second kappa shape index (κ2) is 12.9. The SMILES string of the molecule is O=C([O-])CN(CC(=O)[O-])c1ccccc1C(=O)[O-].[Na+].[Na+].[Na+]. The standard InChI is InChI=1S/C11H11NO6.3Na/c13-9(14)5-12(6-10(15)16)8-4-2-1-3-7(8)11(17)18;;;/h1-4H,5-6H2,(H,13,14)(H,15,16)(H,17,18);;;/q;3*+1/p-3. The number of benzene rings is 1. The van der Waals surface area contributed by atoms with Crippen molar-refractivity contribution in [2.45, 2.75) is 0 Å². The van der Waals surface area contributed by atoms with Crippen LogP contribution in [-0.2, 0) is 9.59 Å². The van der Waals surface area contributed by atoms with E-state index in [0.717, 1.165) is 4.90 Å². The van der Waals surface area contributed by atoms with Gasteiger partial charge in [-0.05, 0) is 6.07 Å². The van der Waals surface area contributed by atoms with Crippen molar-refractivity contribution in [3.05, 3.63) is 29.8 Å². The number of nitrogens with zero attached hydrogens (tertiary/aromatic N) is 1. The van der Waals surface area contributed by atoms with Crippen LogP contribution < -0.4 is 109 Å². The molecule has 0 radical (unpaired) electrons. The van der Waals surface area contributed by atoms with E-state index in [1.807, 2.05) is 0 Å². The monoisotopic (exact) mass is 319 g/mol. The van der Waals surface area contributed by atoms with Crippen molar-refractivity contribution in [2.24, 2.45) is 0 Å². The molecule has 21 heavy (non-hydrogen) atoms. The van der Waals surface area contributed by atoms with E-state index in [0.29, 0.717) is 0 Å². The van der Waals surface area contributed by atoms with Crippen molar-refractivity contribution in [3.8, 4) is 0 Å². The molecule has 0 saturated carbocycles. The maximum Gasteiger partial charge on any atom is 1.00 e. The number of aromatic carboxylic acids is 1. The molecule has 0 atom stereocenters. The van der Waals surface area contributed by atoms with Gasteiger partial charge in [-0.1, -0.05) is 18.2 Å². The smallest absolute Gasteiger partial charge is 0.548 e. The Bertz CT molecular complexity index is 481. The molecule has 0 aliphatic heterocycles. The molecule has 0 unspecified atom stereocenters. The fourth-order valence-electron chi connectivity index (χ4n) is 1.46. The van der Waals surface area contributed by atoms with E-state index in [2.05, 4.69) is 0 Å². The van der Waals surface area contributed by atoms with Crippen molar-refractivity contribution in [2.75, 3.05) is 18.0 Å². The van der Waals surface area contributed by atoms with Crippen LogP contribution >= 0.6 is 0 Å². The van der Waals surface area contributed by atoms with E-state index in [-0.39, 0.29) is 99.9 Å². The first-order valence-corrected chi connectivity index (χ1v) is 4.87. The number of rotatable bonds is 6. The molecule has 1 aromatic rings. The van der Waals surface area contributed by atoms with Gasteiger partial charge in [0, 0.05) is 11.3 Å². The van der Waals surface area contributed by atoms with Gasteiger partial charge in [-0.2, -0.15) is 0 Å². The predicted octanol–water partition coefficient (Wildman–Crippen LogP) is -12.6. The third-order valence-electron chi connectivity index (χ3n) is 2.10. The molecule has 0 aliphatic rings. The Morgan fingerprint density at radius 3 is 1.67 bits per heavy atom. The van der Waals surface area contributed by atoms with Crippen LogP contribution in [0.1, 0.15) is 10.4 Å². The van der Waals surface area contributed by atoms with Crippen LogP contribution in [0.2, 0.25) is 0 Å². The van der Waals surface area contributed by atoms with Crippen molar-refractivity contribution in [3.63, 3.8) is 0 Å². The number of carbonyl (C=O) groups excluding carboxylic acids is 3. The average Bonchev–Trinajstić information content (AvgIpc) is 2.26. The molecule has 0 amide bonds. The van der Waals surface area contributed by atoms with Gasteiger partial charge in [-0.25, -0.2) is 0 Å². The first kappa shape index (κ1) is 26.3. The molecule has 0 aromatic heterocycles. The molecular weight excluding hydrogens is 311 g/mol. The summed E-state index contributed by atoms with van der Waals surface area (Å²) in [6.07, 6.45) is 0. The molecule has 0 spiro atoms. The Hall–Kier alpha value is 0.430. The van der Waals surface area contributed by atoms with Gasteiger partial charge in [0.25, 0.3) is 0 Å². The largest absolute Gasteiger partial charge is 1.00 e. The number of hydrogen-bond acceptors (Lipinski definition) is 7. The quantitative estimate of drug-likeness (QED) is 0.477. The summed E-state index contributed by atoms with van der Waals surface area (Å²) in [7, 11) is 0. The molecule has 1 aromatic carbocycles.